The topological polar surface area (TPSA) is 58.1 Å². The number of alkyl halides is 6. The molecular formula is C18H16F6N4O. The lowest BCUT2D eigenvalue weighted by atomic mass is 10.1. The summed E-state index contributed by atoms with van der Waals surface area (Å²) in [5.74, 6) is -0.456. The van der Waals surface area contributed by atoms with E-state index in [0.717, 1.165) is 38.7 Å². The van der Waals surface area contributed by atoms with Crippen LogP contribution in [0.3, 0.4) is 0 Å². The quantitative estimate of drug-likeness (QED) is 0.731. The summed E-state index contributed by atoms with van der Waals surface area (Å²) in [6.45, 7) is 1.47. The molecule has 0 aliphatic carbocycles. The first-order chi connectivity index (χ1) is 13.5. The van der Waals surface area contributed by atoms with Crippen molar-refractivity contribution < 1.29 is 31.1 Å². The number of carbonyl (C=O) groups is 1. The van der Waals surface area contributed by atoms with Crippen LogP contribution in [0.4, 0.5) is 37.8 Å². The van der Waals surface area contributed by atoms with Crippen molar-refractivity contribution in [1.29, 1.82) is 0 Å². The molecule has 0 bridgehead atoms. The maximum absolute atomic E-state index is 12.9. The molecule has 2 heterocycles. The molecule has 2 aromatic rings. The van der Waals surface area contributed by atoms with Crippen LogP contribution in [0.15, 0.2) is 30.6 Å². The number of carbonyl (C=O) groups excluding carboxylic acids is 1. The minimum Gasteiger partial charge on any atom is -0.357 e. The van der Waals surface area contributed by atoms with Gasteiger partial charge in [-0.1, -0.05) is 0 Å². The maximum Gasteiger partial charge on any atom is 0.416 e. The summed E-state index contributed by atoms with van der Waals surface area (Å²) >= 11 is 0. The summed E-state index contributed by atoms with van der Waals surface area (Å²) in [7, 11) is 0. The minimum absolute atomic E-state index is 0.00515. The van der Waals surface area contributed by atoms with Gasteiger partial charge < -0.3 is 10.2 Å². The first-order valence-electron chi connectivity index (χ1n) is 8.72. The van der Waals surface area contributed by atoms with Gasteiger partial charge in [0.2, 0.25) is 0 Å². The van der Waals surface area contributed by atoms with E-state index in [9.17, 15) is 31.1 Å². The molecule has 5 nitrogen and oxygen atoms in total. The number of nitrogens with one attached hydrogen (secondary N) is 1. The first-order valence-corrected chi connectivity index (χ1v) is 8.72. The fourth-order valence-electron chi connectivity index (χ4n) is 2.99. The van der Waals surface area contributed by atoms with Crippen molar-refractivity contribution in [2.45, 2.75) is 31.6 Å². The summed E-state index contributed by atoms with van der Waals surface area (Å²) in [4.78, 5) is 22.2. The Balaban J connectivity index is 1.87. The van der Waals surface area contributed by atoms with Crippen LogP contribution in [0, 0.1) is 0 Å². The van der Waals surface area contributed by atoms with Crippen LogP contribution in [0.25, 0.3) is 0 Å². The number of piperidine rings is 1. The summed E-state index contributed by atoms with van der Waals surface area (Å²) in [6.07, 6.45) is -5.89. The van der Waals surface area contributed by atoms with Crippen molar-refractivity contribution in [3.8, 4) is 0 Å². The van der Waals surface area contributed by atoms with E-state index >= 15 is 0 Å². The fourth-order valence-corrected chi connectivity index (χ4v) is 2.99. The second kappa shape index (κ2) is 7.88. The Morgan fingerprint density at radius 1 is 0.862 bits per heavy atom. The normalized spacial score (nSPS) is 15.3. The van der Waals surface area contributed by atoms with E-state index in [0.29, 0.717) is 18.0 Å². The van der Waals surface area contributed by atoms with E-state index in [1.165, 1.54) is 6.07 Å². The lowest BCUT2D eigenvalue weighted by molar-refractivity contribution is -0.143. The zero-order valence-electron chi connectivity index (χ0n) is 14.9. The molecular weight excluding hydrogens is 402 g/mol. The van der Waals surface area contributed by atoms with Gasteiger partial charge in [-0.3, -0.25) is 4.79 Å². The third-order valence-corrected chi connectivity index (χ3v) is 4.41. The van der Waals surface area contributed by atoms with Crippen molar-refractivity contribution in [1.82, 2.24) is 9.97 Å². The van der Waals surface area contributed by atoms with E-state index in [2.05, 4.69) is 15.3 Å². The Hall–Kier alpha value is -2.85. The van der Waals surface area contributed by atoms with Crippen molar-refractivity contribution >= 4 is 17.4 Å². The van der Waals surface area contributed by atoms with Crippen molar-refractivity contribution in [3.63, 3.8) is 0 Å². The second-order valence-corrected chi connectivity index (χ2v) is 6.56. The van der Waals surface area contributed by atoms with Crippen molar-refractivity contribution in [3.05, 3.63) is 47.4 Å². The summed E-state index contributed by atoms with van der Waals surface area (Å²) in [5, 5.41) is 2.07. The molecule has 11 heteroatoms. The maximum atomic E-state index is 12.9. The number of aromatic nitrogens is 2. The van der Waals surface area contributed by atoms with Gasteiger partial charge in [-0.15, -0.1) is 0 Å². The molecule has 0 spiro atoms. The third-order valence-electron chi connectivity index (χ3n) is 4.41. The zero-order valence-corrected chi connectivity index (χ0v) is 14.9. The highest BCUT2D eigenvalue weighted by Crippen LogP contribution is 2.37. The number of rotatable bonds is 3. The van der Waals surface area contributed by atoms with Gasteiger partial charge in [0, 0.05) is 24.8 Å². The van der Waals surface area contributed by atoms with E-state index in [1.807, 2.05) is 4.90 Å². The van der Waals surface area contributed by atoms with Gasteiger partial charge in [0.25, 0.3) is 5.91 Å². The van der Waals surface area contributed by atoms with Crippen LogP contribution in [0.5, 0.6) is 0 Å². The molecule has 29 heavy (non-hydrogen) atoms. The summed E-state index contributed by atoms with van der Waals surface area (Å²) < 4.78 is 77.7. The second-order valence-electron chi connectivity index (χ2n) is 6.56. The molecule has 1 aromatic carbocycles. The average Bonchev–Trinajstić information content (AvgIpc) is 2.67. The van der Waals surface area contributed by atoms with Crippen LogP contribution in [0.1, 0.15) is 40.9 Å². The van der Waals surface area contributed by atoms with E-state index in [-0.39, 0.29) is 11.8 Å². The fraction of sp³-hybridized carbons (Fsp3) is 0.389. The van der Waals surface area contributed by atoms with Crippen LogP contribution >= 0.6 is 0 Å². The number of anilines is 2. The number of hydrogen-bond donors (Lipinski definition) is 1. The highest BCUT2D eigenvalue weighted by atomic mass is 19.4. The zero-order chi connectivity index (χ0) is 21.2. The predicted molar refractivity (Wildman–Crippen MR) is 92.5 cm³/mol. The van der Waals surface area contributed by atoms with Crippen molar-refractivity contribution in [2.24, 2.45) is 0 Å². The molecule has 0 unspecified atom stereocenters. The average molecular weight is 418 g/mol. The van der Waals surface area contributed by atoms with Crippen LogP contribution < -0.4 is 10.2 Å². The molecule has 1 aliphatic heterocycles. The van der Waals surface area contributed by atoms with Gasteiger partial charge in [-0.25, -0.2) is 9.97 Å². The molecule has 0 atom stereocenters. The lowest BCUT2D eigenvalue weighted by Gasteiger charge is -2.27. The van der Waals surface area contributed by atoms with Gasteiger partial charge >= 0.3 is 12.4 Å². The molecule has 1 amide bonds. The van der Waals surface area contributed by atoms with Gasteiger partial charge in [-0.05, 0) is 37.5 Å². The largest absolute Gasteiger partial charge is 0.416 e. The number of benzene rings is 1. The SMILES string of the molecule is O=C(Nc1cc(C(F)(F)F)cc(C(F)(F)F)c1)c1cc(N2CCCCC2)ncn1. The summed E-state index contributed by atoms with van der Waals surface area (Å²) in [6, 6.07) is 2.24. The van der Waals surface area contributed by atoms with Gasteiger partial charge in [0.15, 0.2) is 0 Å². The van der Waals surface area contributed by atoms with Crippen LogP contribution in [0.2, 0.25) is 0 Å². The minimum atomic E-state index is -5.00. The van der Waals surface area contributed by atoms with E-state index in [1.54, 1.807) is 0 Å². The van der Waals surface area contributed by atoms with Gasteiger partial charge in [0.1, 0.15) is 17.8 Å². The standard InChI is InChI=1S/C18H16F6N4O/c19-17(20,21)11-6-12(18(22,23)24)8-13(7-11)27-16(29)14-9-15(26-10-25-14)28-4-2-1-3-5-28/h6-10H,1-5H2,(H,27,29). The van der Waals surface area contributed by atoms with Crippen molar-refractivity contribution in [2.75, 3.05) is 23.3 Å². The van der Waals surface area contributed by atoms with Gasteiger partial charge in [0.05, 0.1) is 11.1 Å². The molecule has 1 aromatic heterocycles. The Labute approximate surface area is 161 Å². The number of halogens is 6. The number of nitrogens with zero attached hydrogens (tertiary/aromatic N) is 3. The Kier molecular flexibility index (Phi) is 5.67. The molecule has 1 aliphatic rings. The lowest BCUT2D eigenvalue weighted by Crippen LogP contribution is -2.30. The molecule has 1 fully saturated rings. The Morgan fingerprint density at radius 2 is 1.45 bits per heavy atom. The Bertz CT molecular complexity index is 858. The van der Waals surface area contributed by atoms with E-state index in [4.69, 9.17) is 0 Å². The van der Waals surface area contributed by atoms with Gasteiger partial charge in [-0.2, -0.15) is 26.3 Å². The Morgan fingerprint density at radius 3 is 2.00 bits per heavy atom. The number of amides is 1. The monoisotopic (exact) mass is 418 g/mol. The highest BCUT2D eigenvalue weighted by Gasteiger charge is 2.37. The molecule has 1 N–H and O–H groups in total. The molecule has 0 radical (unpaired) electrons. The molecule has 156 valence electrons. The molecule has 1 saturated heterocycles. The third kappa shape index (κ3) is 5.15. The highest BCUT2D eigenvalue weighted by molar-refractivity contribution is 6.03. The summed E-state index contributed by atoms with van der Waals surface area (Å²) in [5.41, 5.74) is -3.82. The smallest absolute Gasteiger partial charge is 0.357 e. The van der Waals surface area contributed by atoms with Crippen LogP contribution in [-0.2, 0) is 12.4 Å². The molecule has 0 saturated carbocycles. The first kappa shape index (κ1) is 20.9. The molecule has 3 rings (SSSR count). The predicted octanol–water partition coefficient (Wildman–Crippen LogP) is 4.76. The number of hydrogen-bond acceptors (Lipinski definition) is 4. The van der Waals surface area contributed by atoms with E-state index < -0.39 is 35.1 Å². The van der Waals surface area contributed by atoms with Crippen LogP contribution in [-0.4, -0.2) is 29.0 Å².